The minimum atomic E-state index is 0.0868. The third-order valence-electron chi connectivity index (χ3n) is 2.57. The largest absolute Gasteiger partial charge is 0.497 e. The maximum absolute atomic E-state index is 10.6. The summed E-state index contributed by atoms with van der Waals surface area (Å²) in [6.45, 7) is 4.06. The Balaban J connectivity index is 2.91. The van der Waals surface area contributed by atoms with Gasteiger partial charge in [0.1, 0.15) is 12.0 Å². The van der Waals surface area contributed by atoms with Gasteiger partial charge >= 0.3 is 0 Å². The highest BCUT2D eigenvalue weighted by Gasteiger charge is 2.07. The lowest BCUT2D eigenvalue weighted by atomic mass is 9.96. The third-order valence-corrected chi connectivity index (χ3v) is 2.57. The highest BCUT2D eigenvalue weighted by atomic mass is 16.5. The van der Waals surface area contributed by atoms with Gasteiger partial charge in [-0.2, -0.15) is 0 Å². The van der Waals surface area contributed by atoms with Crippen LogP contribution in [-0.2, 0) is 17.6 Å². The maximum Gasteiger partial charge on any atom is 0.123 e. The summed E-state index contributed by atoms with van der Waals surface area (Å²) in [6.07, 6.45) is 2.79. The van der Waals surface area contributed by atoms with Crippen molar-refractivity contribution < 1.29 is 9.53 Å². The van der Waals surface area contributed by atoms with E-state index >= 15 is 0 Å². The molecule has 0 radical (unpaired) electrons. The first-order valence-corrected chi connectivity index (χ1v) is 5.32. The van der Waals surface area contributed by atoms with E-state index in [1.807, 2.05) is 19.1 Å². The van der Waals surface area contributed by atoms with E-state index < -0.39 is 0 Å². The van der Waals surface area contributed by atoms with Gasteiger partial charge in [-0.15, -0.1) is 0 Å². The van der Waals surface area contributed by atoms with Crippen molar-refractivity contribution in [2.75, 3.05) is 7.11 Å². The van der Waals surface area contributed by atoms with E-state index in [1.165, 1.54) is 11.1 Å². The number of aldehydes is 1. The first-order valence-electron chi connectivity index (χ1n) is 5.32. The average Bonchev–Trinajstić information content (AvgIpc) is 2.29. The number of ether oxygens (including phenoxy) is 1. The van der Waals surface area contributed by atoms with Crippen LogP contribution in [0.25, 0.3) is 0 Å². The van der Waals surface area contributed by atoms with Gasteiger partial charge in [-0.3, -0.25) is 0 Å². The average molecular weight is 206 g/mol. The number of rotatable bonds is 5. The summed E-state index contributed by atoms with van der Waals surface area (Å²) in [7, 11) is 1.67. The first-order chi connectivity index (χ1) is 7.21. The Morgan fingerprint density at radius 2 is 2.13 bits per heavy atom. The van der Waals surface area contributed by atoms with Gasteiger partial charge in [-0.05, 0) is 36.1 Å². The maximum atomic E-state index is 10.6. The third kappa shape index (κ3) is 3.08. The highest BCUT2D eigenvalue weighted by molar-refractivity contribution is 5.54. The van der Waals surface area contributed by atoms with Crippen LogP contribution in [0.1, 0.15) is 25.0 Å². The topological polar surface area (TPSA) is 26.3 Å². The molecule has 82 valence electrons. The molecule has 0 amide bonds. The van der Waals surface area contributed by atoms with Crippen LogP contribution < -0.4 is 4.74 Å². The molecule has 1 rings (SSSR count). The van der Waals surface area contributed by atoms with Gasteiger partial charge in [-0.25, -0.2) is 0 Å². The molecule has 2 nitrogen and oxygen atoms in total. The summed E-state index contributed by atoms with van der Waals surface area (Å²) >= 11 is 0. The van der Waals surface area contributed by atoms with Crippen molar-refractivity contribution in [2.24, 2.45) is 5.92 Å². The normalized spacial score (nSPS) is 12.2. The molecule has 1 aromatic carbocycles. The molecule has 0 aliphatic rings. The lowest BCUT2D eigenvalue weighted by molar-refractivity contribution is -0.110. The molecule has 0 saturated carbocycles. The van der Waals surface area contributed by atoms with Crippen LogP contribution in [0.3, 0.4) is 0 Å². The molecule has 0 spiro atoms. The predicted octanol–water partition coefficient (Wildman–Crippen LogP) is 2.64. The second-order valence-corrected chi connectivity index (χ2v) is 3.81. The zero-order valence-electron chi connectivity index (χ0n) is 9.62. The second-order valence-electron chi connectivity index (χ2n) is 3.81. The summed E-state index contributed by atoms with van der Waals surface area (Å²) in [5.74, 6) is 0.970. The van der Waals surface area contributed by atoms with E-state index in [4.69, 9.17) is 4.74 Å². The van der Waals surface area contributed by atoms with E-state index in [0.717, 1.165) is 24.9 Å². The standard InChI is InChI=1S/C13H18O2/c1-4-11-8-13(15-3)6-5-12(11)7-10(2)9-14/h5-6,8-10H,4,7H2,1-3H3. The quantitative estimate of drug-likeness (QED) is 0.692. The summed E-state index contributed by atoms with van der Waals surface area (Å²) in [5.41, 5.74) is 2.51. The van der Waals surface area contributed by atoms with Gasteiger partial charge < -0.3 is 9.53 Å². The predicted molar refractivity (Wildman–Crippen MR) is 61.3 cm³/mol. The SMILES string of the molecule is CCc1cc(OC)ccc1CC(C)C=O. The second kappa shape index (κ2) is 5.54. The Bertz CT molecular complexity index is 331. The van der Waals surface area contributed by atoms with Crippen LogP contribution in [0.4, 0.5) is 0 Å². The van der Waals surface area contributed by atoms with Gasteiger partial charge in [0, 0.05) is 5.92 Å². The van der Waals surface area contributed by atoms with Crippen LogP contribution >= 0.6 is 0 Å². The Labute approximate surface area is 91.3 Å². The molecule has 15 heavy (non-hydrogen) atoms. The Hall–Kier alpha value is -1.31. The monoisotopic (exact) mass is 206 g/mol. The summed E-state index contributed by atoms with van der Waals surface area (Å²) < 4.78 is 5.17. The Morgan fingerprint density at radius 1 is 1.40 bits per heavy atom. The van der Waals surface area contributed by atoms with E-state index in [9.17, 15) is 4.79 Å². The number of aryl methyl sites for hydroxylation is 1. The molecule has 0 aliphatic carbocycles. The van der Waals surface area contributed by atoms with Crippen molar-refractivity contribution in [1.29, 1.82) is 0 Å². The lowest BCUT2D eigenvalue weighted by Gasteiger charge is -2.11. The lowest BCUT2D eigenvalue weighted by Crippen LogP contribution is -2.03. The van der Waals surface area contributed by atoms with E-state index in [-0.39, 0.29) is 5.92 Å². The summed E-state index contributed by atoms with van der Waals surface area (Å²) in [4.78, 5) is 10.6. The van der Waals surface area contributed by atoms with Crippen molar-refractivity contribution >= 4 is 6.29 Å². The molecule has 0 saturated heterocycles. The summed E-state index contributed by atoms with van der Waals surface area (Å²) in [5, 5.41) is 0. The van der Waals surface area contributed by atoms with Crippen LogP contribution in [0.15, 0.2) is 18.2 Å². The molecule has 1 atom stereocenters. The Morgan fingerprint density at radius 3 is 2.67 bits per heavy atom. The molecular weight excluding hydrogens is 188 g/mol. The van der Waals surface area contributed by atoms with Crippen molar-refractivity contribution in [3.05, 3.63) is 29.3 Å². The number of methoxy groups -OCH3 is 1. The number of carbonyl (C=O) groups excluding carboxylic acids is 1. The van der Waals surface area contributed by atoms with Crippen LogP contribution in [-0.4, -0.2) is 13.4 Å². The van der Waals surface area contributed by atoms with Crippen LogP contribution in [0.2, 0.25) is 0 Å². The Kier molecular flexibility index (Phi) is 4.35. The van der Waals surface area contributed by atoms with Gasteiger partial charge in [0.15, 0.2) is 0 Å². The highest BCUT2D eigenvalue weighted by Crippen LogP contribution is 2.20. The fourth-order valence-electron chi connectivity index (χ4n) is 1.65. The molecule has 0 heterocycles. The first kappa shape index (κ1) is 11.8. The van der Waals surface area contributed by atoms with Gasteiger partial charge in [0.05, 0.1) is 7.11 Å². The summed E-state index contributed by atoms with van der Waals surface area (Å²) in [6, 6.07) is 6.05. The van der Waals surface area contributed by atoms with Crippen LogP contribution in [0, 0.1) is 5.92 Å². The van der Waals surface area contributed by atoms with Crippen molar-refractivity contribution in [3.8, 4) is 5.75 Å². The molecule has 0 fully saturated rings. The molecule has 0 aromatic heterocycles. The molecular formula is C13H18O2. The number of hydrogen-bond donors (Lipinski definition) is 0. The minimum Gasteiger partial charge on any atom is -0.497 e. The number of hydrogen-bond acceptors (Lipinski definition) is 2. The molecule has 2 heteroatoms. The van der Waals surface area contributed by atoms with E-state index in [1.54, 1.807) is 7.11 Å². The molecule has 0 aliphatic heterocycles. The van der Waals surface area contributed by atoms with Crippen molar-refractivity contribution in [1.82, 2.24) is 0 Å². The van der Waals surface area contributed by atoms with Gasteiger partial charge in [0.2, 0.25) is 0 Å². The molecule has 1 aromatic rings. The number of carbonyl (C=O) groups is 1. The number of benzene rings is 1. The van der Waals surface area contributed by atoms with Crippen molar-refractivity contribution in [3.63, 3.8) is 0 Å². The van der Waals surface area contributed by atoms with Crippen LogP contribution in [0.5, 0.6) is 5.75 Å². The molecule has 1 unspecified atom stereocenters. The smallest absolute Gasteiger partial charge is 0.123 e. The molecule has 0 N–H and O–H groups in total. The minimum absolute atomic E-state index is 0.0868. The zero-order valence-corrected chi connectivity index (χ0v) is 9.62. The fraction of sp³-hybridized carbons (Fsp3) is 0.462. The van der Waals surface area contributed by atoms with E-state index in [0.29, 0.717) is 0 Å². The van der Waals surface area contributed by atoms with E-state index in [2.05, 4.69) is 13.0 Å². The molecule has 0 bridgehead atoms. The van der Waals surface area contributed by atoms with Crippen molar-refractivity contribution in [2.45, 2.75) is 26.7 Å². The zero-order chi connectivity index (χ0) is 11.3. The van der Waals surface area contributed by atoms with Gasteiger partial charge in [0.25, 0.3) is 0 Å². The fourth-order valence-corrected chi connectivity index (χ4v) is 1.65. The van der Waals surface area contributed by atoms with Gasteiger partial charge in [-0.1, -0.05) is 19.9 Å².